The monoisotopic (exact) mass is 269 g/mol. The molecule has 0 rings (SSSR count). The number of carbonyl (C=O) groups excluding carboxylic acids is 1. The Kier molecular flexibility index (Phi) is 11.5. The van der Waals surface area contributed by atoms with Gasteiger partial charge in [-0.3, -0.25) is 4.79 Å². The van der Waals surface area contributed by atoms with E-state index >= 15 is 0 Å². The number of halogens is 1. The molecule has 0 aromatic carbocycles. The van der Waals surface area contributed by atoms with Gasteiger partial charge >= 0.3 is 5.97 Å². The largest absolute Gasteiger partial charge is 0.466 e. The van der Waals surface area contributed by atoms with E-state index in [1.807, 2.05) is 4.31 Å². The number of rotatable bonds is 10. The molecule has 0 fully saturated rings. The highest BCUT2D eigenvalue weighted by Crippen LogP contribution is 2.14. The van der Waals surface area contributed by atoms with Crippen LogP contribution in [0.4, 0.5) is 0 Å². The minimum absolute atomic E-state index is 0.165. The van der Waals surface area contributed by atoms with Crippen molar-refractivity contribution in [2.24, 2.45) is 0 Å². The third-order valence-corrected chi connectivity index (χ3v) is 3.11. The number of hydrogen-bond acceptors (Lipinski definition) is 5. The molecule has 0 aliphatic rings. The lowest BCUT2D eigenvalue weighted by Gasteiger charge is -2.16. The molecular weight excluding hydrogens is 250 g/mol. The summed E-state index contributed by atoms with van der Waals surface area (Å²) in [6, 6.07) is 0. The Bertz CT molecular complexity index is 183. The van der Waals surface area contributed by atoms with Crippen LogP contribution < -0.4 is 0 Å². The van der Waals surface area contributed by atoms with Crippen LogP contribution in [-0.2, 0) is 14.3 Å². The average Bonchev–Trinajstić information content (AvgIpc) is 2.30. The molecule has 0 saturated carbocycles. The van der Waals surface area contributed by atoms with Gasteiger partial charge in [-0.05, 0) is 17.1 Å². The summed E-state index contributed by atoms with van der Waals surface area (Å²) in [5.41, 5.74) is 0. The van der Waals surface area contributed by atoms with Crippen molar-refractivity contribution in [1.29, 1.82) is 0 Å². The van der Waals surface area contributed by atoms with Gasteiger partial charge in [0.2, 0.25) is 0 Å². The number of ether oxygens (including phenoxy) is 2. The highest BCUT2D eigenvalue weighted by atomic mass is 35.7. The average molecular weight is 270 g/mol. The molecular formula is C10H20ClNO3S. The van der Waals surface area contributed by atoms with Crippen molar-refractivity contribution in [3.05, 3.63) is 0 Å². The van der Waals surface area contributed by atoms with Crippen molar-refractivity contribution < 1.29 is 14.3 Å². The zero-order valence-corrected chi connectivity index (χ0v) is 11.5. The van der Waals surface area contributed by atoms with Gasteiger partial charge < -0.3 is 9.47 Å². The minimum Gasteiger partial charge on any atom is -0.466 e. The minimum atomic E-state index is -0.165. The standard InChI is InChI=1S/C10H20ClNO3S/c1-3-4-8-15-10(13)5-6-12(16-11)7-9-14-2/h3-9H2,1-2H3. The number of carbonyl (C=O) groups is 1. The molecule has 0 unspecified atom stereocenters. The fraction of sp³-hybridized carbons (Fsp3) is 0.900. The molecule has 0 radical (unpaired) electrons. The lowest BCUT2D eigenvalue weighted by Crippen LogP contribution is -2.23. The van der Waals surface area contributed by atoms with Crippen LogP contribution in [0.1, 0.15) is 26.2 Å². The molecule has 6 heteroatoms. The smallest absolute Gasteiger partial charge is 0.307 e. The summed E-state index contributed by atoms with van der Waals surface area (Å²) in [6.45, 7) is 4.46. The number of nitrogens with zero attached hydrogens (tertiary/aromatic N) is 1. The third kappa shape index (κ3) is 9.27. The van der Waals surface area contributed by atoms with Crippen molar-refractivity contribution in [2.75, 3.05) is 33.4 Å². The van der Waals surface area contributed by atoms with Gasteiger partial charge in [-0.1, -0.05) is 13.3 Å². The molecule has 0 N–H and O–H groups in total. The molecule has 0 atom stereocenters. The second kappa shape index (κ2) is 11.5. The van der Waals surface area contributed by atoms with Crippen molar-refractivity contribution in [3.63, 3.8) is 0 Å². The fourth-order valence-electron chi connectivity index (χ4n) is 0.992. The molecule has 0 aromatic heterocycles. The summed E-state index contributed by atoms with van der Waals surface area (Å²) in [5, 5.41) is 0. The third-order valence-electron chi connectivity index (χ3n) is 1.97. The highest BCUT2D eigenvalue weighted by Gasteiger charge is 2.08. The lowest BCUT2D eigenvalue weighted by atomic mass is 10.3. The molecule has 0 bridgehead atoms. The highest BCUT2D eigenvalue weighted by molar-refractivity contribution is 8.19. The van der Waals surface area contributed by atoms with E-state index in [9.17, 15) is 4.79 Å². The molecule has 96 valence electrons. The Morgan fingerprint density at radius 3 is 2.69 bits per heavy atom. The maximum Gasteiger partial charge on any atom is 0.307 e. The second-order valence-electron chi connectivity index (χ2n) is 3.31. The van der Waals surface area contributed by atoms with Crippen LogP contribution in [-0.4, -0.2) is 43.7 Å². The first-order valence-electron chi connectivity index (χ1n) is 5.42. The zero-order chi connectivity index (χ0) is 12.2. The molecule has 0 heterocycles. The van der Waals surface area contributed by atoms with Gasteiger partial charge in [0.25, 0.3) is 0 Å². The quantitative estimate of drug-likeness (QED) is 0.346. The summed E-state index contributed by atoms with van der Waals surface area (Å²) < 4.78 is 11.8. The molecule has 0 aliphatic heterocycles. The zero-order valence-electron chi connectivity index (χ0n) is 9.91. The Morgan fingerprint density at radius 1 is 1.38 bits per heavy atom. The maximum absolute atomic E-state index is 11.3. The maximum atomic E-state index is 11.3. The number of methoxy groups -OCH3 is 1. The van der Waals surface area contributed by atoms with Crippen LogP contribution in [0.5, 0.6) is 0 Å². The molecule has 0 saturated heterocycles. The molecule has 16 heavy (non-hydrogen) atoms. The van der Waals surface area contributed by atoms with Crippen LogP contribution >= 0.6 is 21.8 Å². The predicted octanol–water partition coefficient (Wildman–Crippen LogP) is 2.47. The van der Waals surface area contributed by atoms with Gasteiger partial charge in [0, 0.05) is 31.4 Å². The van der Waals surface area contributed by atoms with Gasteiger partial charge in [-0.2, -0.15) is 0 Å². The first-order chi connectivity index (χ1) is 7.74. The molecule has 4 nitrogen and oxygen atoms in total. The van der Waals surface area contributed by atoms with E-state index < -0.39 is 0 Å². The van der Waals surface area contributed by atoms with E-state index in [1.165, 1.54) is 0 Å². The molecule has 0 spiro atoms. The molecule has 0 aliphatic carbocycles. The summed E-state index contributed by atoms with van der Waals surface area (Å²) in [7, 11) is 7.28. The van der Waals surface area contributed by atoms with E-state index in [2.05, 4.69) is 6.92 Å². The van der Waals surface area contributed by atoms with Gasteiger partial charge in [-0.15, -0.1) is 0 Å². The van der Waals surface area contributed by atoms with Crippen LogP contribution in [0.15, 0.2) is 0 Å². The number of unbranched alkanes of at least 4 members (excludes halogenated alkanes) is 1. The van der Waals surface area contributed by atoms with Gasteiger partial charge in [0.05, 0.1) is 19.6 Å². The van der Waals surface area contributed by atoms with Crippen LogP contribution in [0.3, 0.4) is 0 Å². The number of hydrogen-bond donors (Lipinski definition) is 0. The van der Waals surface area contributed by atoms with Crippen LogP contribution in [0.2, 0.25) is 0 Å². The second-order valence-corrected chi connectivity index (χ2v) is 4.38. The van der Waals surface area contributed by atoms with Crippen LogP contribution in [0, 0.1) is 0 Å². The Balaban J connectivity index is 3.54. The Labute approximate surface area is 106 Å². The van der Waals surface area contributed by atoms with E-state index in [4.69, 9.17) is 20.2 Å². The summed E-state index contributed by atoms with van der Waals surface area (Å²) in [5.74, 6) is -0.165. The topological polar surface area (TPSA) is 38.8 Å². The SMILES string of the molecule is CCCCOC(=O)CCN(CCOC)SCl. The lowest BCUT2D eigenvalue weighted by molar-refractivity contribution is -0.143. The van der Waals surface area contributed by atoms with E-state index in [1.54, 1.807) is 7.11 Å². The van der Waals surface area contributed by atoms with Gasteiger partial charge in [0.15, 0.2) is 0 Å². The number of esters is 1. The Hall–Kier alpha value is 0.0300. The Morgan fingerprint density at radius 2 is 2.12 bits per heavy atom. The van der Waals surface area contributed by atoms with Crippen molar-refractivity contribution in [1.82, 2.24) is 4.31 Å². The first kappa shape index (κ1) is 16.0. The van der Waals surface area contributed by atoms with Gasteiger partial charge in [0.1, 0.15) is 0 Å². The molecule has 0 aromatic rings. The summed E-state index contributed by atoms with van der Waals surface area (Å²) in [6.07, 6.45) is 2.32. The van der Waals surface area contributed by atoms with Crippen molar-refractivity contribution in [2.45, 2.75) is 26.2 Å². The van der Waals surface area contributed by atoms with Crippen molar-refractivity contribution >= 4 is 27.8 Å². The van der Waals surface area contributed by atoms with E-state index in [0.717, 1.165) is 24.0 Å². The fourth-order valence-corrected chi connectivity index (χ4v) is 1.71. The molecule has 0 amide bonds. The van der Waals surface area contributed by atoms with Gasteiger partial charge in [-0.25, -0.2) is 4.31 Å². The summed E-state index contributed by atoms with van der Waals surface area (Å²) >= 11 is 1.10. The van der Waals surface area contributed by atoms with E-state index in [0.29, 0.717) is 32.7 Å². The van der Waals surface area contributed by atoms with Crippen LogP contribution in [0.25, 0.3) is 0 Å². The normalized spacial score (nSPS) is 10.8. The van der Waals surface area contributed by atoms with Crippen molar-refractivity contribution in [3.8, 4) is 0 Å². The predicted molar refractivity (Wildman–Crippen MR) is 67.4 cm³/mol. The summed E-state index contributed by atoms with van der Waals surface area (Å²) in [4.78, 5) is 11.3. The van der Waals surface area contributed by atoms with E-state index in [-0.39, 0.29) is 5.97 Å². The first-order valence-corrected chi connectivity index (χ1v) is 7.02.